The van der Waals surface area contributed by atoms with Gasteiger partial charge in [0.2, 0.25) is 0 Å². The number of benzene rings is 3. The first-order valence-corrected chi connectivity index (χ1v) is 10.5. The number of nitrogens with one attached hydrogen (secondary N) is 1. The maximum atomic E-state index is 13.3. The summed E-state index contributed by atoms with van der Waals surface area (Å²) < 4.78 is 18.5. The molecule has 1 unspecified atom stereocenters. The van der Waals surface area contributed by atoms with Gasteiger partial charge in [0.1, 0.15) is 12.4 Å². The summed E-state index contributed by atoms with van der Waals surface area (Å²) in [4.78, 5) is 38.2. The van der Waals surface area contributed by atoms with Gasteiger partial charge in [0, 0.05) is 19.2 Å². The molecule has 6 nitrogen and oxygen atoms in total. The first-order valence-electron chi connectivity index (χ1n) is 10.5. The minimum Gasteiger partial charge on any atom is -0.451 e. The molecule has 7 heteroatoms. The van der Waals surface area contributed by atoms with Crippen LogP contribution >= 0.6 is 0 Å². The first kappa shape index (κ1) is 23.7. The highest BCUT2D eigenvalue weighted by Crippen LogP contribution is 2.19. The van der Waals surface area contributed by atoms with Gasteiger partial charge in [-0.1, -0.05) is 54.6 Å². The second-order valence-electron chi connectivity index (χ2n) is 7.58. The molecule has 0 saturated heterocycles. The minimum atomic E-state index is -1.04. The fourth-order valence-electron chi connectivity index (χ4n) is 3.29. The Hall–Kier alpha value is -4.00. The van der Waals surface area contributed by atoms with Crippen LogP contribution in [-0.2, 0) is 20.9 Å². The number of amides is 2. The van der Waals surface area contributed by atoms with Crippen LogP contribution in [-0.4, -0.2) is 42.4 Å². The third-order valence-corrected chi connectivity index (χ3v) is 4.99. The van der Waals surface area contributed by atoms with E-state index in [2.05, 4.69) is 5.32 Å². The Morgan fingerprint density at radius 3 is 2.27 bits per heavy atom. The standard InChI is InChI=1S/C26H25FN2O4/c1-18(26(32)29(2)17-19-7-6-10-23(27)15-19)33-24(30)16-28-25(31)22-13-11-21(12-14-22)20-8-4-3-5-9-20/h3-15,18H,16-17H2,1-2H3,(H,28,31). The monoisotopic (exact) mass is 448 g/mol. The van der Waals surface area contributed by atoms with Crippen LogP contribution in [0.3, 0.4) is 0 Å². The van der Waals surface area contributed by atoms with Crippen LogP contribution in [0, 0.1) is 5.82 Å². The molecule has 0 aliphatic heterocycles. The molecule has 170 valence electrons. The van der Waals surface area contributed by atoms with Gasteiger partial charge in [-0.3, -0.25) is 14.4 Å². The number of carbonyl (C=O) groups is 3. The zero-order chi connectivity index (χ0) is 23.8. The van der Waals surface area contributed by atoms with Crippen LogP contribution in [0.1, 0.15) is 22.8 Å². The molecule has 0 bridgehead atoms. The number of carbonyl (C=O) groups excluding carboxylic acids is 3. The molecule has 0 spiro atoms. The van der Waals surface area contributed by atoms with E-state index in [4.69, 9.17) is 4.74 Å². The highest BCUT2D eigenvalue weighted by Gasteiger charge is 2.22. The fourth-order valence-corrected chi connectivity index (χ4v) is 3.29. The van der Waals surface area contributed by atoms with Gasteiger partial charge in [-0.15, -0.1) is 0 Å². The van der Waals surface area contributed by atoms with Crippen molar-refractivity contribution >= 4 is 17.8 Å². The summed E-state index contributed by atoms with van der Waals surface area (Å²) in [6, 6.07) is 22.7. The minimum absolute atomic E-state index is 0.175. The van der Waals surface area contributed by atoms with Crippen molar-refractivity contribution in [2.75, 3.05) is 13.6 Å². The fraction of sp³-hybridized carbons (Fsp3) is 0.192. The second kappa shape index (κ2) is 11.0. The van der Waals surface area contributed by atoms with Crippen molar-refractivity contribution in [3.63, 3.8) is 0 Å². The Morgan fingerprint density at radius 2 is 1.61 bits per heavy atom. The topological polar surface area (TPSA) is 75.7 Å². The van der Waals surface area contributed by atoms with Crippen LogP contribution in [0.25, 0.3) is 11.1 Å². The summed E-state index contributed by atoms with van der Waals surface area (Å²) in [5.41, 5.74) is 3.03. The van der Waals surface area contributed by atoms with Crippen molar-refractivity contribution in [2.24, 2.45) is 0 Å². The Labute approximate surface area is 192 Å². The maximum absolute atomic E-state index is 13.3. The zero-order valence-electron chi connectivity index (χ0n) is 18.5. The first-order chi connectivity index (χ1) is 15.8. The van der Waals surface area contributed by atoms with Crippen molar-refractivity contribution in [3.8, 4) is 11.1 Å². The molecule has 0 heterocycles. The van der Waals surface area contributed by atoms with Gasteiger partial charge < -0.3 is 15.0 Å². The molecule has 33 heavy (non-hydrogen) atoms. The molecule has 0 saturated carbocycles. The third kappa shape index (κ3) is 6.74. The number of nitrogens with zero attached hydrogens (tertiary/aromatic N) is 1. The zero-order valence-corrected chi connectivity index (χ0v) is 18.5. The predicted octanol–water partition coefficient (Wildman–Crippen LogP) is 3.81. The lowest BCUT2D eigenvalue weighted by atomic mass is 10.0. The summed E-state index contributed by atoms with van der Waals surface area (Å²) in [6.45, 7) is 1.26. The molecule has 0 aliphatic rings. The van der Waals surface area contributed by atoms with E-state index in [1.54, 1.807) is 31.3 Å². The van der Waals surface area contributed by atoms with E-state index in [1.165, 1.54) is 24.0 Å². The lowest BCUT2D eigenvalue weighted by Crippen LogP contribution is -2.39. The Balaban J connectivity index is 1.47. The summed E-state index contributed by atoms with van der Waals surface area (Å²) >= 11 is 0. The van der Waals surface area contributed by atoms with Gasteiger partial charge >= 0.3 is 5.97 Å². The molecule has 1 atom stereocenters. The lowest BCUT2D eigenvalue weighted by molar-refractivity contribution is -0.157. The van der Waals surface area contributed by atoms with Gasteiger partial charge in [0.25, 0.3) is 11.8 Å². The number of hydrogen-bond donors (Lipinski definition) is 1. The molecular weight excluding hydrogens is 423 g/mol. The highest BCUT2D eigenvalue weighted by atomic mass is 19.1. The summed E-state index contributed by atoms with van der Waals surface area (Å²) in [6.07, 6.45) is -1.04. The number of esters is 1. The van der Waals surface area contributed by atoms with E-state index in [9.17, 15) is 18.8 Å². The SMILES string of the molecule is CC(OC(=O)CNC(=O)c1ccc(-c2ccccc2)cc1)C(=O)N(C)Cc1cccc(F)c1. The average Bonchev–Trinajstić information content (AvgIpc) is 2.82. The van der Waals surface area contributed by atoms with E-state index < -0.39 is 29.7 Å². The Bertz CT molecular complexity index is 1120. The normalized spacial score (nSPS) is 11.4. The molecule has 3 aromatic carbocycles. The second-order valence-corrected chi connectivity index (χ2v) is 7.58. The molecular formula is C26H25FN2O4. The number of halogens is 1. The number of ether oxygens (including phenoxy) is 1. The van der Waals surface area contributed by atoms with E-state index in [0.29, 0.717) is 11.1 Å². The smallest absolute Gasteiger partial charge is 0.326 e. The predicted molar refractivity (Wildman–Crippen MR) is 123 cm³/mol. The quantitative estimate of drug-likeness (QED) is 0.532. The lowest BCUT2D eigenvalue weighted by Gasteiger charge is -2.21. The van der Waals surface area contributed by atoms with Crippen LogP contribution < -0.4 is 5.32 Å². The van der Waals surface area contributed by atoms with Crippen LogP contribution in [0.5, 0.6) is 0 Å². The number of rotatable bonds is 8. The molecule has 0 aliphatic carbocycles. The molecule has 1 N–H and O–H groups in total. The molecule has 0 radical (unpaired) electrons. The molecule has 3 aromatic rings. The van der Waals surface area contributed by atoms with Crippen LogP contribution in [0.2, 0.25) is 0 Å². The van der Waals surface area contributed by atoms with Crippen molar-refractivity contribution in [3.05, 3.63) is 95.8 Å². The number of hydrogen-bond acceptors (Lipinski definition) is 4. The molecule has 3 rings (SSSR count). The molecule has 2 amide bonds. The molecule has 0 fully saturated rings. The summed E-state index contributed by atoms with van der Waals surface area (Å²) in [7, 11) is 1.54. The van der Waals surface area contributed by atoms with E-state index in [0.717, 1.165) is 11.1 Å². The van der Waals surface area contributed by atoms with Gasteiger partial charge in [-0.2, -0.15) is 0 Å². The Morgan fingerprint density at radius 1 is 0.939 bits per heavy atom. The van der Waals surface area contributed by atoms with Crippen molar-refractivity contribution in [1.29, 1.82) is 0 Å². The summed E-state index contributed by atoms with van der Waals surface area (Å²) in [5.74, 6) is -1.98. The maximum Gasteiger partial charge on any atom is 0.326 e. The van der Waals surface area contributed by atoms with Crippen molar-refractivity contribution in [2.45, 2.75) is 19.6 Å². The van der Waals surface area contributed by atoms with E-state index >= 15 is 0 Å². The van der Waals surface area contributed by atoms with Gasteiger partial charge in [0.15, 0.2) is 6.10 Å². The third-order valence-electron chi connectivity index (χ3n) is 4.99. The summed E-state index contributed by atoms with van der Waals surface area (Å²) in [5, 5.41) is 2.50. The van der Waals surface area contributed by atoms with E-state index in [-0.39, 0.29) is 13.1 Å². The Kier molecular flexibility index (Phi) is 7.91. The average molecular weight is 448 g/mol. The van der Waals surface area contributed by atoms with Gasteiger partial charge in [-0.25, -0.2) is 4.39 Å². The van der Waals surface area contributed by atoms with Crippen LogP contribution in [0.15, 0.2) is 78.9 Å². The van der Waals surface area contributed by atoms with Gasteiger partial charge in [0.05, 0.1) is 0 Å². The van der Waals surface area contributed by atoms with E-state index in [1.807, 2.05) is 42.5 Å². The van der Waals surface area contributed by atoms with Crippen molar-refractivity contribution < 1.29 is 23.5 Å². The number of likely N-dealkylation sites (N-methyl/N-ethyl adjacent to an activating group) is 1. The van der Waals surface area contributed by atoms with Gasteiger partial charge in [-0.05, 0) is 47.9 Å². The molecule has 0 aromatic heterocycles. The van der Waals surface area contributed by atoms with Crippen LogP contribution in [0.4, 0.5) is 4.39 Å². The largest absolute Gasteiger partial charge is 0.451 e. The van der Waals surface area contributed by atoms with Crippen molar-refractivity contribution in [1.82, 2.24) is 10.2 Å². The highest BCUT2D eigenvalue weighted by molar-refractivity contribution is 5.96.